The van der Waals surface area contributed by atoms with Gasteiger partial charge in [0.2, 0.25) is 0 Å². The van der Waals surface area contributed by atoms with Gasteiger partial charge in [0.05, 0.1) is 5.69 Å². The molecule has 0 unspecified atom stereocenters. The average Bonchev–Trinajstić information content (AvgIpc) is 2.10. The minimum Gasteiger partial charge on any atom is -0.240 e. The molecule has 0 radical (unpaired) electrons. The van der Waals surface area contributed by atoms with Crippen LogP contribution in [0.4, 0.5) is 0 Å². The average molecular weight is 121 g/mol. The molecule has 0 spiro atoms. The van der Waals surface area contributed by atoms with Crippen LogP contribution in [-0.2, 0) is 0 Å². The first kappa shape index (κ1) is 5.83. The first-order chi connectivity index (χ1) is 4.24. The highest BCUT2D eigenvalue weighted by Gasteiger charge is 1.95. The normalized spacial score (nSPS) is 9.00. The second kappa shape index (κ2) is 1.90. The molecular formula is C6H7N3. The largest absolute Gasteiger partial charge is 0.240 e. The Balaban J connectivity index is 3.20. The van der Waals surface area contributed by atoms with Crippen LogP contribution in [0.1, 0.15) is 11.5 Å². The first-order valence-corrected chi connectivity index (χ1v) is 2.66. The Morgan fingerprint density at radius 3 is 2.56 bits per heavy atom. The van der Waals surface area contributed by atoms with Gasteiger partial charge in [-0.15, -0.1) is 0 Å². The molecule has 1 heterocycles. The zero-order chi connectivity index (χ0) is 6.85. The standard InChI is InChI=1S/C6H7N3/c1-5-3-9(4-7)6(2)8-5/h3H,1-2H3. The van der Waals surface area contributed by atoms with E-state index in [1.54, 1.807) is 13.1 Å². The summed E-state index contributed by atoms with van der Waals surface area (Å²) in [5.74, 6) is 0.745. The molecule has 0 atom stereocenters. The van der Waals surface area contributed by atoms with Crippen molar-refractivity contribution in [3.8, 4) is 6.19 Å². The second-order valence-corrected chi connectivity index (χ2v) is 1.90. The second-order valence-electron chi connectivity index (χ2n) is 1.90. The number of nitrogens with zero attached hydrogens (tertiary/aromatic N) is 3. The van der Waals surface area contributed by atoms with Gasteiger partial charge in [-0.1, -0.05) is 0 Å². The van der Waals surface area contributed by atoms with Gasteiger partial charge in [0.25, 0.3) is 0 Å². The fourth-order valence-corrected chi connectivity index (χ4v) is 0.719. The lowest BCUT2D eigenvalue weighted by atomic mass is 10.6. The molecule has 46 valence electrons. The zero-order valence-corrected chi connectivity index (χ0v) is 5.42. The topological polar surface area (TPSA) is 41.6 Å². The number of aromatic nitrogens is 2. The quantitative estimate of drug-likeness (QED) is 0.510. The summed E-state index contributed by atoms with van der Waals surface area (Å²) in [6.45, 7) is 3.66. The summed E-state index contributed by atoms with van der Waals surface area (Å²) in [4.78, 5) is 4.02. The van der Waals surface area contributed by atoms with E-state index < -0.39 is 0 Å². The smallest absolute Gasteiger partial charge is 0.189 e. The van der Waals surface area contributed by atoms with E-state index in [9.17, 15) is 0 Å². The number of imidazole rings is 1. The van der Waals surface area contributed by atoms with Crippen molar-refractivity contribution in [2.45, 2.75) is 13.8 Å². The first-order valence-electron chi connectivity index (χ1n) is 2.66. The van der Waals surface area contributed by atoms with Crippen LogP contribution in [0.2, 0.25) is 0 Å². The number of hydrogen-bond acceptors (Lipinski definition) is 2. The van der Waals surface area contributed by atoms with Gasteiger partial charge in [-0.3, -0.25) is 0 Å². The van der Waals surface area contributed by atoms with E-state index in [0.29, 0.717) is 0 Å². The molecule has 9 heavy (non-hydrogen) atoms. The summed E-state index contributed by atoms with van der Waals surface area (Å²) in [7, 11) is 0. The van der Waals surface area contributed by atoms with Crippen LogP contribution in [0.15, 0.2) is 6.20 Å². The summed E-state index contributed by atoms with van der Waals surface area (Å²) < 4.78 is 1.44. The van der Waals surface area contributed by atoms with Gasteiger partial charge in [0.15, 0.2) is 6.19 Å². The highest BCUT2D eigenvalue weighted by molar-refractivity contribution is 5.05. The van der Waals surface area contributed by atoms with E-state index in [1.807, 2.05) is 13.1 Å². The van der Waals surface area contributed by atoms with Crippen LogP contribution >= 0.6 is 0 Å². The Morgan fingerprint density at radius 1 is 1.67 bits per heavy atom. The molecular weight excluding hydrogens is 114 g/mol. The molecule has 0 aromatic carbocycles. The highest BCUT2D eigenvalue weighted by atomic mass is 15.1. The minimum atomic E-state index is 0.745. The Labute approximate surface area is 53.6 Å². The van der Waals surface area contributed by atoms with Crippen LogP contribution < -0.4 is 0 Å². The highest BCUT2D eigenvalue weighted by Crippen LogP contribution is 1.96. The minimum absolute atomic E-state index is 0.745. The fraction of sp³-hybridized carbons (Fsp3) is 0.333. The van der Waals surface area contributed by atoms with Crippen molar-refractivity contribution in [3.63, 3.8) is 0 Å². The molecule has 0 aliphatic carbocycles. The molecule has 0 aliphatic rings. The number of rotatable bonds is 0. The van der Waals surface area contributed by atoms with Gasteiger partial charge in [0, 0.05) is 6.20 Å². The molecule has 0 saturated heterocycles. The van der Waals surface area contributed by atoms with Crippen LogP contribution in [0, 0.1) is 25.3 Å². The third-order valence-electron chi connectivity index (χ3n) is 1.11. The number of aryl methyl sites for hydroxylation is 2. The molecule has 0 amide bonds. The maximum atomic E-state index is 8.40. The van der Waals surface area contributed by atoms with Crippen molar-refractivity contribution in [2.24, 2.45) is 0 Å². The summed E-state index contributed by atoms with van der Waals surface area (Å²) in [6.07, 6.45) is 3.67. The summed E-state index contributed by atoms with van der Waals surface area (Å²) in [5, 5.41) is 8.40. The van der Waals surface area contributed by atoms with E-state index in [4.69, 9.17) is 5.26 Å². The molecule has 0 N–H and O–H groups in total. The van der Waals surface area contributed by atoms with Gasteiger partial charge in [-0.2, -0.15) is 5.26 Å². The zero-order valence-electron chi connectivity index (χ0n) is 5.42. The maximum Gasteiger partial charge on any atom is 0.189 e. The van der Waals surface area contributed by atoms with E-state index in [0.717, 1.165) is 11.5 Å². The van der Waals surface area contributed by atoms with E-state index in [1.165, 1.54) is 4.57 Å². The summed E-state index contributed by atoms with van der Waals surface area (Å²) in [6, 6.07) is 0. The molecule has 0 saturated carbocycles. The molecule has 1 aromatic rings. The van der Waals surface area contributed by atoms with Gasteiger partial charge < -0.3 is 0 Å². The lowest BCUT2D eigenvalue weighted by molar-refractivity contribution is 0.990. The maximum absolute atomic E-state index is 8.40. The van der Waals surface area contributed by atoms with Crippen molar-refractivity contribution in [1.29, 1.82) is 5.26 Å². The third-order valence-corrected chi connectivity index (χ3v) is 1.11. The predicted molar refractivity (Wildman–Crippen MR) is 32.7 cm³/mol. The molecule has 0 fully saturated rings. The van der Waals surface area contributed by atoms with E-state index in [-0.39, 0.29) is 0 Å². The van der Waals surface area contributed by atoms with Crippen molar-refractivity contribution in [1.82, 2.24) is 9.55 Å². The van der Waals surface area contributed by atoms with Gasteiger partial charge >= 0.3 is 0 Å². The van der Waals surface area contributed by atoms with Crippen molar-refractivity contribution in [3.05, 3.63) is 17.7 Å². The lowest BCUT2D eigenvalue weighted by Crippen LogP contribution is -1.87. The molecule has 1 aromatic heterocycles. The van der Waals surface area contributed by atoms with Crippen LogP contribution in [0.3, 0.4) is 0 Å². The van der Waals surface area contributed by atoms with Crippen molar-refractivity contribution >= 4 is 0 Å². The van der Waals surface area contributed by atoms with Crippen LogP contribution in [0.25, 0.3) is 0 Å². The van der Waals surface area contributed by atoms with E-state index in [2.05, 4.69) is 4.98 Å². The fourth-order valence-electron chi connectivity index (χ4n) is 0.719. The Bertz CT molecular complexity index is 254. The summed E-state index contributed by atoms with van der Waals surface area (Å²) in [5.41, 5.74) is 0.883. The van der Waals surface area contributed by atoms with Crippen LogP contribution in [0.5, 0.6) is 0 Å². The van der Waals surface area contributed by atoms with Crippen LogP contribution in [-0.4, -0.2) is 9.55 Å². The van der Waals surface area contributed by atoms with Gasteiger partial charge in [-0.05, 0) is 13.8 Å². The molecule has 0 bridgehead atoms. The van der Waals surface area contributed by atoms with Gasteiger partial charge in [-0.25, -0.2) is 9.55 Å². The monoisotopic (exact) mass is 121 g/mol. The Hall–Kier alpha value is -1.30. The number of nitriles is 1. The summed E-state index contributed by atoms with van der Waals surface area (Å²) >= 11 is 0. The van der Waals surface area contributed by atoms with Gasteiger partial charge in [0.1, 0.15) is 5.82 Å². The third kappa shape index (κ3) is 0.918. The molecule has 0 aliphatic heterocycles. The van der Waals surface area contributed by atoms with Crippen molar-refractivity contribution in [2.75, 3.05) is 0 Å². The van der Waals surface area contributed by atoms with E-state index >= 15 is 0 Å². The molecule has 1 rings (SSSR count). The lowest BCUT2D eigenvalue weighted by Gasteiger charge is -1.83. The molecule has 3 nitrogen and oxygen atoms in total. The Kier molecular flexibility index (Phi) is 1.23. The number of hydrogen-bond donors (Lipinski definition) is 0. The Morgan fingerprint density at radius 2 is 2.33 bits per heavy atom. The van der Waals surface area contributed by atoms with Crippen molar-refractivity contribution < 1.29 is 0 Å². The SMILES string of the molecule is Cc1cn(C#N)c(C)n1. The molecule has 3 heteroatoms. The predicted octanol–water partition coefficient (Wildman–Crippen LogP) is 0.829.